The third-order valence-corrected chi connectivity index (χ3v) is 3.70. The smallest absolute Gasteiger partial charge is 0.262 e. The molecule has 0 amide bonds. The first-order chi connectivity index (χ1) is 6.88. The number of nitrogens with zero attached hydrogens (tertiary/aromatic N) is 2. The molecule has 0 aliphatic rings. The van der Waals surface area contributed by atoms with Gasteiger partial charge in [0.15, 0.2) is 0 Å². The Morgan fingerprint density at radius 1 is 1.73 bits per heavy atom. The summed E-state index contributed by atoms with van der Waals surface area (Å²) in [6.45, 7) is 1.55. The Labute approximate surface area is 93.5 Å². The van der Waals surface area contributed by atoms with Crippen LogP contribution < -0.4 is 4.72 Å². The van der Waals surface area contributed by atoms with E-state index in [4.69, 9.17) is 18.0 Å². The van der Waals surface area contributed by atoms with Gasteiger partial charge in [-0.25, -0.2) is 13.4 Å². The van der Waals surface area contributed by atoms with E-state index < -0.39 is 16.1 Å². The van der Waals surface area contributed by atoms with Gasteiger partial charge in [0.2, 0.25) is 5.03 Å². The maximum absolute atomic E-state index is 11.7. The van der Waals surface area contributed by atoms with Gasteiger partial charge in [0.05, 0.1) is 12.4 Å². The third-order valence-electron chi connectivity index (χ3n) is 1.67. The fourth-order valence-electron chi connectivity index (χ4n) is 0.897. The summed E-state index contributed by atoms with van der Waals surface area (Å²) in [6, 6.07) is -0.604. The van der Waals surface area contributed by atoms with Crippen LogP contribution in [-0.4, -0.2) is 24.0 Å². The number of terminal acetylenes is 1. The molecule has 0 bridgehead atoms. The van der Waals surface area contributed by atoms with E-state index in [0.29, 0.717) is 0 Å². The molecule has 0 aromatic carbocycles. The van der Waals surface area contributed by atoms with Crippen LogP contribution in [0.15, 0.2) is 11.4 Å². The molecule has 1 rings (SSSR count). The minimum absolute atomic E-state index is 0.0479. The number of nitrogens with one attached hydrogen (secondary N) is 1. The lowest BCUT2D eigenvalue weighted by atomic mass is 10.4. The van der Waals surface area contributed by atoms with E-state index in [1.165, 1.54) is 10.9 Å². The number of aromatic nitrogens is 2. The van der Waals surface area contributed by atoms with Crippen LogP contribution in [-0.2, 0) is 17.1 Å². The van der Waals surface area contributed by atoms with Crippen LogP contribution in [0.25, 0.3) is 0 Å². The average Bonchev–Trinajstić information content (AvgIpc) is 2.47. The summed E-state index contributed by atoms with van der Waals surface area (Å²) in [5.74, 6) is 2.25. The number of hydrogen-bond donors (Lipinski definition) is 1. The number of imidazole rings is 1. The van der Waals surface area contributed by atoms with E-state index in [0.717, 1.165) is 0 Å². The molecule has 1 N–H and O–H groups in total. The molecule has 0 radical (unpaired) electrons. The van der Waals surface area contributed by atoms with Crippen LogP contribution in [0.3, 0.4) is 0 Å². The monoisotopic (exact) mass is 247 g/mol. The van der Waals surface area contributed by atoms with Gasteiger partial charge in [-0.05, 0) is 6.92 Å². The Kier molecular flexibility index (Phi) is 3.39. The van der Waals surface area contributed by atoms with Crippen molar-refractivity contribution in [2.24, 2.45) is 7.05 Å². The van der Waals surface area contributed by atoms with Crippen LogP contribution in [0.5, 0.6) is 0 Å². The SMILES string of the molecule is C#CC(C)NS(=O)(=O)c1ncn(C)c1Cl. The minimum atomic E-state index is -3.74. The van der Waals surface area contributed by atoms with E-state index in [1.54, 1.807) is 14.0 Å². The number of hydrogen-bond acceptors (Lipinski definition) is 3. The van der Waals surface area contributed by atoms with Crippen molar-refractivity contribution in [3.05, 3.63) is 11.5 Å². The molecule has 1 unspecified atom stereocenters. The highest BCUT2D eigenvalue weighted by atomic mass is 35.5. The number of sulfonamides is 1. The Balaban J connectivity index is 3.08. The van der Waals surface area contributed by atoms with Gasteiger partial charge in [-0.3, -0.25) is 0 Å². The van der Waals surface area contributed by atoms with Gasteiger partial charge < -0.3 is 4.57 Å². The fourth-order valence-corrected chi connectivity index (χ4v) is 2.49. The molecule has 1 heterocycles. The van der Waals surface area contributed by atoms with Gasteiger partial charge in [0, 0.05) is 7.05 Å². The first-order valence-corrected chi connectivity index (χ1v) is 5.90. The molecule has 7 heteroatoms. The van der Waals surface area contributed by atoms with Gasteiger partial charge in [0.25, 0.3) is 10.0 Å². The minimum Gasteiger partial charge on any atom is -0.324 e. The van der Waals surface area contributed by atoms with E-state index in [1.807, 2.05) is 0 Å². The van der Waals surface area contributed by atoms with Crippen molar-refractivity contribution in [1.29, 1.82) is 0 Å². The van der Waals surface area contributed by atoms with Crippen molar-refractivity contribution in [3.63, 3.8) is 0 Å². The summed E-state index contributed by atoms with van der Waals surface area (Å²) in [6.07, 6.45) is 6.38. The Hall–Kier alpha value is -1.03. The molecule has 0 aliphatic carbocycles. The number of halogens is 1. The zero-order chi connectivity index (χ0) is 11.6. The van der Waals surface area contributed by atoms with Gasteiger partial charge in [-0.1, -0.05) is 17.5 Å². The second-order valence-corrected chi connectivity index (χ2v) is 4.95. The molecule has 1 aromatic heterocycles. The highest BCUT2D eigenvalue weighted by Crippen LogP contribution is 2.18. The fraction of sp³-hybridized carbons (Fsp3) is 0.375. The van der Waals surface area contributed by atoms with E-state index in [-0.39, 0.29) is 10.2 Å². The van der Waals surface area contributed by atoms with Crippen LogP contribution in [0.1, 0.15) is 6.92 Å². The Morgan fingerprint density at radius 3 is 2.73 bits per heavy atom. The normalized spacial score (nSPS) is 13.5. The van der Waals surface area contributed by atoms with Crippen LogP contribution in [0.2, 0.25) is 5.15 Å². The molecule has 5 nitrogen and oxygen atoms in total. The van der Waals surface area contributed by atoms with Crippen LogP contribution in [0, 0.1) is 12.3 Å². The molecule has 0 spiro atoms. The average molecular weight is 248 g/mol. The number of aryl methyl sites for hydroxylation is 1. The standard InChI is InChI=1S/C8H10ClN3O2S/c1-4-6(2)11-15(13,14)8-7(9)12(3)5-10-8/h1,5-6,11H,2-3H3. The first-order valence-electron chi connectivity index (χ1n) is 4.03. The summed E-state index contributed by atoms with van der Waals surface area (Å²) in [5, 5.41) is -0.166. The molecule has 0 saturated heterocycles. The maximum Gasteiger partial charge on any atom is 0.262 e. The van der Waals surface area contributed by atoms with Crippen molar-refractivity contribution in [3.8, 4) is 12.3 Å². The third kappa shape index (κ3) is 2.50. The zero-order valence-corrected chi connectivity index (χ0v) is 9.80. The summed E-state index contributed by atoms with van der Waals surface area (Å²) in [4.78, 5) is 3.69. The second-order valence-electron chi connectivity index (χ2n) is 2.96. The molecule has 82 valence electrons. The van der Waals surface area contributed by atoms with Gasteiger partial charge in [-0.2, -0.15) is 4.72 Å². The van der Waals surface area contributed by atoms with Crippen LogP contribution >= 0.6 is 11.6 Å². The lowest BCUT2D eigenvalue weighted by molar-refractivity contribution is 0.574. The summed E-state index contributed by atoms with van der Waals surface area (Å²) < 4.78 is 27.0. The largest absolute Gasteiger partial charge is 0.324 e. The molecule has 1 aromatic rings. The highest BCUT2D eigenvalue weighted by Gasteiger charge is 2.23. The molecule has 0 aliphatic heterocycles. The van der Waals surface area contributed by atoms with Gasteiger partial charge in [0.1, 0.15) is 5.15 Å². The zero-order valence-electron chi connectivity index (χ0n) is 8.23. The van der Waals surface area contributed by atoms with Gasteiger partial charge >= 0.3 is 0 Å². The summed E-state index contributed by atoms with van der Waals surface area (Å²) >= 11 is 5.75. The first kappa shape index (κ1) is 12.0. The van der Waals surface area contributed by atoms with Crippen molar-refractivity contribution >= 4 is 21.6 Å². The molecular formula is C8H10ClN3O2S. The quantitative estimate of drug-likeness (QED) is 0.786. The second kappa shape index (κ2) is 4.23. The topological polar surface area (TPSA) is 64.0 Å². The van der Waals surface area contributed by atoms with E-state index >= 15 is 0 Å². The van der Waals surface area contributed by atoms with Crippen molar-refractivity contribution in [2.75, 3.05) is 0 Å². The van der Waals surface area contributed by atoms with Crippen molar-refractivity contribution in [1.82, 2.24) is 14.3 Å². The van der Waals surface area contributed by atoms with Gasteiger partial charge in [-0.15, -0.1) is 6.42 Å². The lowest BCUT2D eigenvalue weighted by Crippen LogP contribution is -2.31. The highest BCUT2D eigenvalue weighted by molar-refractivity contribution is 7.89. The predicted molar refractivity (Wildman–Crippen MR) is 56.8 cm³/mol. The molecular weight excluding hydrogens is 238 g/mol. The van der Waals surface area contributed by atoms with Crippen molar-refractivity contribution < 1.29 is 8.42 Å². The molecule has 1 atom stereocenters. The summed E-state index contributed by atoms with van der Waals surface area (Å²) in [7, 11) is -2.14. The summed E-state index contributed by atoms with van der Waals surface area (Å²) in [5.41, 5.74) is 0. The van der Waals surface area contributed by atoms with E-state index in [2.05, 4.69) is 15.6 Å². The van der Waals surface area contributed by atoms with E-state index in [9.17, 15) is 8.42 Å². The van der Waals surface area contributed by atoms with Crippen LogP contribution in [0.4, 0.5) is 0 Å². The predicted octanol–water partition coefficient (Wildman–Crippen LogP) is 0.373. The lowest BCUT2D eigenvalue weighted by Gasteiger charge is -2.06. The number of rotatable bonds is 3. The van der Waals surface area contributed by atoms with Crippen molar-refractivity contribution in [2.45, 2.75) is 18.0 Å². The molecule has 0 fully saturated rings. The molecule has 0 saturated carbocycles. The molecule has 15 heavy (non-hydrogen) atoms. The Morgan fingerprint density at radius 2 is 2.33 bits per heavy atom. The maximum atomic E-state index is 11.7. The Bertz CT molecular complexity index is 500.